The average molecular weight is 300 g/mol. The maximum Gasteiger partial charge on any atom is 0.127 e. The molecule has 1 aliphatic rings. The van der Waals surface area contributed by atoms with Crippen molar-refractivity contribution in [2.45, 2.75) is 19.5 Å². The molecular weight excluding hydrogens is 279 g/mol. The summed E-state index contributed by atoms with van der Waals surface area (Å²) >= 11 is 0. The first-order valence-corrected chi connectivity index (χ1v) is 7.34. The highest BCUT2D eigenvalue weighted by atomic mass is 19.1. The number of hydrogen-bond acceptors (Lipinski definition) is 3. The SMILES string of the molecule is C#CCN(CCN1C=CC=C(O)C1C)Cc1ccccc1F. The predicted molar refractivity (Wildman–Crippen MR) is 86.5 cm³/mol. The third-order valence-corrected chi connectivity index (χ3v) is 3.81. The monoisotopic (exact) mass is 300 g/mol. The zero-order valence-corrected chi connectivity index (χ0v) is 12.7. The highest BCUT2D eigenvalue weighted by molar-refractivity contribution is 5.18. The quantitative estimate of drug-likeness (QED) is 0.818. The van der Waals surface area contributed by atoms with Crippen molar-refractivity contribution in [2.24, 2.45) is 0 Å². The minimum Gasteiger partial charge on any atom is -0.510 e. The molecule has 0 saturated carbocycles. The van der Waals surface area contributed by atoms with E-state index in [1.165, 1.54) is 6.07 Å². The van der Waals surface area contributed by atoms with Gasteiger partial charge in [-0.25, -0.2) is 4.39 Å². The molecule has 1 aromatic rings. The molecule has 0 spiro atoms. The van der Waals surface area contributed by atoms with Crippen LogP contribution in [-0.2, 0) is 6.54 Å². The molecule has 0 fully saturated rings. The molecule has 1 N–H and O–H groups in total. The van der Waals surface area contributed by atoms with Crippen LogP contribution >= 0.6 is 0 Å². The Hall–Kier alpha value is -2.25. The van der Waals surface area contributed by atoms with Crippen LogP contribution in [0.15, 0.2) is 48.4 Å². The van der Waals surface area contributed by atoms with Crippen LogP contribution in [0.4, 0.5) is 4.39 Å². The molecule has 1 atom stereocenters. The second-order valence-corrected chi connectivity index (χ2v) is 5.35. The molecule has 3 nitrogen and oxygen atoms in total. The van der Waals surface area contributed by atoms with E-state index in [9.17, 15) is 9.50 Å². The van der Waals surface area contributed by atoms with E-state index < -0.39 is 0 Å². The molecule has 116 valence electrons. The molecule has 1 heterocycles. The molecule has 0 saturated heterocycles. The van der Waals surface area contributed by atoms with E-state index >= 15 is 0 Å². The van der Waals surface area contributed by atoms with E-state index in [-0.39, 0.29) is 11.9 Å². The Labute approximate surface area is 131 Å². The number of aliphatic hydroxyl groups is 1. The fourth-order valence-electron chi connectivity index (χ4n) is 2.43. The lowest BCUT2D eigenvalue weighted by Gasteiger charge is -2.31. The van der Waals surface area contributed by atoms with Gasteiger partial charge in [-0.3, -0.25) is 4.90 Å². The van der Waals surface area contributed by atoms with Gasteiger partial charge in [0.05, 0.1) is 12.6 Å². The van der Waals surface area contributed by atoms with Gasteiger partial charge in [0.2, 0.25) is 0 Å². The smallest absolute Gasteiger partial charge is 0.127 e. The van der Waals surface area contributed by atoms with Crippen LogP contribution < -0.4 is 0 Å². The molecular formula is C18H21FN2O. The van der Waals surface area contributed by atoms with Crippen LogP contribution in [0.5, 0.6) is 0 Å². The van der Waals surface area contributed by atoms with Gasteiger partial charge in [0.15, 0.2) is 0 Å². The van der Waals surface area contributed by atoms with Crippen LogP contribution in [-0.4, -0.2) is 40.6 Å². The summed E-state index contributed by atoms with van der Waals surface area (Å²) in [5, 5.41) is 9.76. The van der Waals surface area contributed by atoms with Crippen LogP contribution in [0.1, 0.15) is 12.5 Å². The normalized spacial score (nSPS) is 17.5. The average Bonchev–Trinajstić information content (AvgIpc) is 2.51. The second-order valence-electron chi connectivity index (χ2n) is 5.35. The van der Waals surface area contributed by atoms with Crippen LogP contribution in [0.3, 0.4) is 0 Å². The van der Waals surface area contributed by atoms with E-state index in [0.29, 0.717) is 37.5 Å². The maximum absolute atomic E-state index is 13.8. The molecule has 22 heavy (non-hydrogen) atoms. The summed E-state index contributed by atoms with van der Waals surface area (Å²) in [4.78, 5) is 4.06. The van der Waals surface area contributed by atoms with Gasteiger partial charge in [-0.2, -0.15) is 0 Å². The molecule has 2 rings (SSSR count). The van der Waals surface area contributed by atoms with Gasteiger partial charge < -0.3 is 10.0 Å². The fraction of sp³-hybridized carbons (Fsp3) is 0.333. The van der Waals surface area contributed by atoms with Crippen LogP contribution in [0.25, 0.3) is 0 Å². The topological polar surface area (TPSA) is 26.7 Å². The fourth-order valence-corrected chi connectivity index (χ4v) is 2.43. The third-order valence-electron chi connectivity index (χ3n) is 3.81. The van der Waals surface area contributed by atoms with Crippen molar-refractivity contribution in [3.63, 3.8) is 0 Å². The number of terminal acetylenes is 1. The summed E-state index contributed by atoms with van der Waals surface area (Å²) < 4.78 is 13.8. The highest BCUT2D eigenvalue weighted by Crippen LogP contribution is 2.14. The Balaban J connectivity index is 1.95. The predicted octanol–water partition coefficient (Wildman–Crippen LogP) is 2.92. The van der Waals surface area contributed by atoms with Crippen LogP contribution in [0, 0.1) is 18.2 Å². The van der Waals surface area contributed by atoms with Crippen molar-refractivity contribution in [1.29, 1.82) is 0 Å². The van der Waals surface area contributed by atoms with Crippen molar-refractivity contribution in [3.8, 4) is 12.3 Å². The van der Waals surface area contributed by atoms with Gasteiger partial charge in [-0.05, 0) is 31.3 Å². The third kappa shape index (κ3) is 4.12. The molecule has 0 amide bonds. The van der Waals surface area contributed by atoms with Crippen molar-refractivity contribution >= 4 is 0 Å². The van der Waals surface area contributed by atoms with Crippen molar-refractivity contribution in [3.05, 3.63) is 59.8 Å². The molecule has 0 aromatic heterocycles. The minimum absolute atomic E-state index is 0.0499. The zero-order valence-electron chi connectivity index (χ0n) is 12.7. The lowest BCUT2D eigenvalue weighted by Crippen LogP contribution is -2.38. The Bertz CT molecular complexity index is 603. The van der Waals surface area contributed by atoms with E-state index in [1.54, 1.807) is 18.2 Å². The summed E-state index contributed by atoms with van der Waals surface area (Å²) in [7, 11) is 0. The van der Waals surface area contributed by atoms with Crippen molar-refractivity contribution in [2.75, 3.05) is 19.6 Å². The summed E-state index contributed by atoms with van der Waals surface area (Å²) in [5.41, 5.74) is 0.641. The van der Waals surface area contributed by atoms with Gasteiger partial charge in [0, 0.05) is 25.2 Å². The maximum atomic E-state index is 13.8. The summed E-state index contributed by atoms with van der Waals surface area (Å²) in [6, 6.07) is 6.69. The number of benzene rings is 1. The zero-order chi connectivity index (χ0) is 15.9. The van der Waals surface area contributed by atoms with Gasteiger partial charge in [-0.15, -0.1) is 6.42 Å². The molecule has 1 aromatic carbocycles. The van der Waals surface area contributed by atoms with E-state index in [4.69, 9.17) is 6.42 Å². The Morgan fingerprint density at radius 1 is 1.41 bits per heavy atom. The Kier molecular flexibility index (Phi) is 5.62. The minimum atomic E-state index is -0.212. The van der Waals surface area contributed by atoms with E-state index in [1.807, 2.05) is 35.1 Å². The van der Waals surface area contributed by atoms with Gasteiger partial charge >= 0.3 is 0 Å². The Morgan fingerprint density at radius 3 is 2.91 bits per heavy atom. The number of halogens is 1. The van der Waals surface area contributed by atoms with Crippen molar-refractivity contribution in [1.82, 2.24) is 9.80 Å². The first-order chi connectivity index (χ1) is 10.6. The largest absolute Gasteiger partial charge is 0.510 e. The summed E-state index contributed by atoms with van der Waals surface area (Å²) in [6.07, 6.45) is 10.9. The first-order valence-electron chi connectivity index (χ1n) is 7.34. The number of allylic oxidation sites excluding steroid dienone is 2. The lowest BCUT2D eigenvalue weighted by atomic mass is 10.1. The standard InChI is InChI=1S/C18H21FN2O/c1-3-10-20(14-16-7-4-5-8-17(16)19)12-13-21-11-6-9-18(22)15(21)2/h1,4-9,11,15,22H,10,12-14H2,2H3. The molecule has 1 unspecified atom stereocenters. The lowest BCUT2D eigenvalue weighted by molar-refractivity contribution is 0.201. The molecule has 4 heteroatoms. The van der Waals surface area contributed by atoms with E-state index in [0.717, 1.165) is 0 Å². The highest BCUT2D eigenvalue weighted by Gasteiger charge is 2.17. The van der Waals surface area contributed by atoms with Gasteiger partial charge in [0.25, 0.3) is 0 Å². The molecule has 0 aliphatic carbocycles. The van der Waals surface area contributed by atoms with Crippen LogP contribution in [0.2, 0.25) is 0 Å². The first kappa shape index (κ1) is 16.1. The number of nitrogens with zero attached hydrogens (tertiary/aromatic N) is 2. The van der Waals surface area contributed by atoms with Crippen molar-refractivity contribution < 1.29 is 9.50 Å². The summed E-state index contributed by atoms with van der Waals surface area (Å²) in [6.45, 7) is 4.29. The molecule has 0 radical (unpaired) electrons. The van der Waals surface area contributed by atoms with Gasteiger partial charge in [-0.1, -0.05) is 24.1 Å². The number of rotatable bonds is 6. The van der Waals surface area contributed by atoms with E-state index in [2.05, 4.69) is 5.92 Å². The second kappa shape index (κ2) is 7.67. The Morgan fingerprint density at radius 2 is 2.18 bits per heavy atom. The number of aliphatic hydroxyl groups excluding tert-OH is 1. The molecule has 1 aliphatic heterocycles. The number of hydrogen-bond donors (Lipinski definition) is 1. The van der Waals surface area contributed by atoms with Gasteiger partial charge in [0.1, 0.15) is 11.6 Å². The molecule has 0 bridgehead atoms. The summed E-state index contributed by atoms with van der Waals surface area (Å²) in [5.74, 6) is 2.76.